The van der Waals surface area contributed by atoms with Crippen molar-refractivity contribution in [2.24, 2.45) is 5.73 Å². The lowest BCUT2D eigenvalue weighted by Gasteiger charge is -2.26. The number of hydrogen-bond acceptors (Lipinski definition) is 2. The van der Waals surface area contributed by atoms with Crippen LogP contribution in [0, 0.1) is 0 Å². The van der Waals surface area contributed by atoms with E-state index in [-0.39, 0.29) is 11.9 Å². The van der Waals surface area contributed by atoms with E-state index in [1.54, 1.807) is 12.1 Å². The Labute approximate surface area is 107 Å². The Morgan fingerprint density at radius 2 is 1.94 bits per heavy atom. The van der Waals surface area contributed by atoms with Crippen molar-refractivity contribution in [3.05, 3.63) is 34.9 Å². The summed E-state index contributed by atoms with van der Waals surface area (Å²) in [5.41, 5.74) is 5.83. The van der Waals surface area contributed by atoms with Crippen LogP contribution < -0.4 is 11.1 Å². The van der Waals surface area contributed by atoms with Crippen LogP contribution in [-0.2, 0) is 10.2 Å². The van der Waals surface area contributed by atoms with Crippen molar-refractivity contribution in [2.45, 2.75) is 32.2 Å². The van der Waals surface area contributed by atoms with E-state index in [0.717, 1.165) is 5.56 Å². The summed E-state index contributed by atoms with van der Waals surface area (Å²) >= 11 is 5.83. The lowest BCUT2D eigenvalue weighted by molar-refractivity contribution is -0.126. The zero-order valence-corrected chi connectivity index (χ0v) is 11.2. The molecule has 3 nitrogen and oxygen atoms in total. The van der Waals surface area contributed by atoms with E-state index in [2.05, 4.69) is 5.32 Å². The molecule has 0 aliphatic carbocycles. The third kappa shape index (κ3) is 3.45. The minimum absolute atomic E-state index is 0.0194. The molecule has 1 aromatic carbocycles. The molecule has 1 rings (SSSR count). The summed E-state index contributed by atoms with van der Waals surface area (Å²) in [7, 11) is 0. The number of amides is 1. The Balaban J connectivity index is 2.86. The maximum Gasteiger partial charge on any atom is 0.230 e. The molecule has 0 saturated heterocycles. The van der Waals surface area contributed by atoms with Gasteiger partial charge in [-0.3, -0.25) is 4.79 Å². The highest BCUT2D eigenvalue weighted by Gasteiger charge is 2.30. The van der Waals surface area contributed by atoms with E-state index in [9.17, 15) is 4.79 Å². The maximum atomic E-state index is 12.1. The number of halogens is 1. The summed E-state index contributed by atoms with van der Waals surface area (Å²) in [6, 6.07) is 7.30. The van der Waals surface area contributed by atoms with E-state index in [1.165, 1.54) is 0 Å². The number of hydrogen-bond donors (Lipinski definition) is 2. The fourth-order valence-corrected chi connectivity index (χ4v) is 1.59. The van der Waals surface area contributed by atoms with E-state index in [4.69, 9.17) is 17.3 Å². The average Bonchev–Trinajstić information content (AvgIpc) is 2.29. The number of carbonyl (C=O) groups is 1. The molecule has 1 aromatic rings. The van der Waals surface area contributed by atoms with Crippen molar-refractivity contribution >= 4 is 17.5 Å². The van der Waals surface area contributed by atoms with Gasteiger partial charge in [-0.1, -0.05) is 23.7 Å². The molecule has 0 saturated carbocycles. The topological polar surface area (TPSA) is 55.1 Å². The van der Waals surface area contributed by atoms with Crippen molar-refractivity contribution in [3.8, 4) is 0 Å². The molecule has 0 radical (unpaired) electrons. The van der Waals surface area contributed by atoms with E-state index in [1.807, 2.05) is 32.9 Å². The number of nitrogens with one attached hydrogen (secondary N) is 1. The smallest absolute Gasteiger partial charge is 0.230 e. The fraction of sp³-hybridized carbons (Fsp3) is 0.462. The van der Waals surface area contributed by atoms with Gasteiger partial charge in [-0.25, -0.2) is 0 Å². The molecule has 17 heavy (non-hydrogen) atoms. The van der Waals surface area contributed by atoms with Crippen LogP contribution in [0.25, 0.3) is 0 Å². The van der Waals surface area contributed by atoms with Crippen molar-refractivity contribution in [1.29, 1.82) is 0 Å². The molecule has 94 valence electrons. The second kappa shape index (κ2) is 5.52. The van der Waals surface area contributed by atoms with Crippen molar-refractivity contribution < 1.29 is 4.79 Å². The fourth-order valence-electron chi connectivity index (χ4n) is 1.46. The first-order valence-corrected chi connectivity index (χ1v) is 6.02. The van der Waals surface area contributed by atoms with Crippen LogP contribution in [0.3, 0.4) is 0 Å². The van der Waals surface area contributed by atoms with E-state index < -0.39 is 5.41 Å². The monoisotopic (exact) mass is 254 g/mol. The molecule has 0 spiro atoms. The van der Waals surface area contributed by atoms with Gasteiger partial charge in [0.05, 0.1) is 5.41 Å². The molecule has 4 heteroatoms. The number of carbonyl (C=O) groups excluding carboxylic acids is 1. The molecule has 3 N–H and O–H groups in total. The van der Waals surface area contributed by atoms with Gasteiger partial charge >= 0.3 is 0 Å². The van der Waals surface area contributed by atoms with Crippen LogP contribution in [0.2, 0.25) is 5.02 Å². The normalized spacial score (nSPS) is 13.2. The van der Waals surface area contributed by atoms with Gasteiger partial charge in [-0.2, -0.15) is 0 Å². The first-order valence-electron chi connectivity index (χ1n) is 5.65. The van der Waals surface area contributed by atoms with Crippen molar-refractivity contribution in [3.63, 3.8) is 0 Å². The van der Waals surface area contributed by atoms with Gasteiger partial charge < -0.3 is 11.1 Å². The average molecular weight is 255 g/mol. The van der Waals surface area contributed by atoms with Crippen molar-refractivity contribution in [1.82, 2.24) is 5.32 Å². The summed E-state index contributed by atoms with van der Waals surface area (Å²) in [5, 5.41) is 3.55. The van der Waals surface area contributed by atoms with Gasteiger partial charge in [0.25, 0.3) is 0 Å². The minimum Gasteiger partial charge on any atom is -0.352 e. The number of nitrogens with two attached hydrogens (primary N) is 1. The molecule has 0 heterocycles. The Morgan fingerprint density at radius 3 is 2.41 bits per heavy atom. The highest BCUT2D eigenvalue weighted by Crippen LogP contribution is 2.24. The molecule has 0 aliphatic heterocycles. The lowest BCUT2D eigenvalue weighted by atomic mass is 9.83. The Morgan fingerprint density at radius 1 is 1.41 bits per heavy atom. The van der Waals surface area contributed by atoms with E-state index in [0.29, 0.717) is 11.6 Å². The highest BCUT2D eigenvalue weighted by atomic mass is 35.5. The summed E-state index contributed by atoms with van der Waals surface area (Å²) < 4.78 is 0. The molecule has 0 fully saturated rings. The van der Waals surface area contributed by atoms with Gasteiger partial charge in [0.15, 0.2) is 0 Å². The summed E-state index contributed by atoms with van der Waals surface area (Å²) in [6.07, 6.45) is 0. The van der Waals surface area contributed by atoms with Crippen LogP contribution in [0.1, 0.15) is 26.3 Å². The van der Waals surface area contributed by atoms with Crippen molar-refractivity contribution in [2.75, 3.05) is 6.54 Å². The third-order valence-electron chi connectivity index (χ3n) is 2.86. The molecule has 0 bridgehead atoms. The molecular weight excluding hydrogens is 236 g/mol. The first kappa shape index (κ1) is 14.0. The summed E-state index contributed by atoms with van der Waals surface area (Å²) in [5.74, 6) is -0.0298. The van der Waals surface area contributed by atoms with Crippen LogP contribution in [0.5, 0.6) is 0 Å². The Hall–Kier alpha value is -1.06. The summed E-state index contributed by atoms with van der Waals surface area (Å²) in [4.78, 5) is 12.1. The number of rotatable bonds is 4. The highest BCUT2D eigenvalue weighted by molar-refractivity contribution is 6.30. The van der Waals surface area contributed by atoms with Crippen LogP contribution in [0.15, 0.2) is 24.3 Å². The predicted octanol–water partition coefficient (Wildman–Crippen LogP) is 2.08. The molecule has 0 aliphatic rings. The van der Waals surface area contributed by atoms with Gasteiger partial charge in [-0.05, 0) is 38.5 Å². The standard InChI is InChI=1S/C13H19ClN2O/c1-9(8-15)16-12(17)13(2,3)10-4-6-11(14)7-5-10/h4-7,9H,8,15H2,1-3H3,(H,16,17)/t9-/m0/s1. The molecule has 0 unspecified atom stereocenters. The molecule has 1 atom stereocenters. The summed E-state index contributed by atoms with van der Waals surface area (Å²) in [6.45, 7) is 6.09. The lowest BCUT2D eigenvalue weighted by Crippen LogP contribution is -2.46. The van der Waals surface area contributed by atoms with Gasteiger partial charge in [0, 0.05) is 17.6 Å². The van der Waals surface area contributed by atoms with Crippen LogP contribution in [0.4, 0.5) is 0 Å². The Kier molecular flexibility index (Phi) is 4.54. The third-order valence-corrected chi connectivity index (χ3v) is 3.12. The SMILES string of the molecule is C[C@@H](CN)NC(=O)C(C)(C)c1ccc(Cl)cc1. The van der Waals surface area contributed by atoms with Gasteiger partial charge in [-0.15, -0.1) is 0 Å². The zero-order valence-electron chi connectivity index (χ0n) is 10.5. The molecule has 0 aromatic heterocycles. The van der Waals surface area contributed by atoms with Gasteiger partial charge in [0.1, 0.15) is 0 Å². The van der Waals surface area contributed by atoms with Gasteiger partial charge in [0.2, 0.25) is 5.91 Å². The maximum absolute atomic E-state index is 12.1. The van der Waals surface area contributed by atoms with Crippen LogP contribution >= 0.6 is 11.6 Å². The predicted molar refractivity (Wildman–Crippen MR) is 71.1 cm³/mol. The van der Waals surface area contributed by atoms with Crippen LogP contribution in [-0.4, -0.2) is 18.5 Å². The largest absolute Gasteiger partial charge is 0.352 e. The minimum atomic E-state index is -0.589. The molecule has 1 amide bonds. The quantitative estimate of drug-likeness (QED) is 0.865. The van der Waals surface area contributed by atoms with E-state index >= 15 is 0 Å². The Bertz CT molecular complexity index is 387. The first-order chi connectivity index (χ1) is 7.87. The molecular formula is C13H19ClN2O. The second-order valence-electron chi connectivity index (χ2n) is 4.74. The zero-order chi connectivity index (χ0) is 13.1. The number of benzene rings is 1. The second-order valence-corrected chi connectivity index (χ2v) is 5.18.